The number of hydrogen-bond donors (Lipinski definition) is 3. The molecule has 0 spiro atoms. The molecular formula is C24H43NO2. The second-order valence-electron chi connectivity index (χ2n) is 7.95. The van der Waals surface area contributed by atoms with Crippen LogP contribution in [0.15, 0.2) is 12.1 Å². The third-order valence-corrected chi connectivity index (χ3v) is 5.33. The van der Waals surface area contributed by atoms with E-state index in [-0.39, 0.29) is 11.8 Å². The molecule has 1 aromatic rings. The molecule has 1 aromatic heterocycles. The fourth-order valence-electron chi connectivity index (χ4n) is 3.59. The fraction of sp³-hybridized carbons (Fsp3) is 0.750. The standard InChI is InChI=1S/C24H43NO2/c1-2-3-4-5-6-7-8-9-10-11-12-13-14-15-16-17-18-19-20-22-21-23(26)25-24(22)27/h19-21,25-27H,2-18H2,1H3. The summed E-state index contributed by atoms with van der Waals surface area (Å²) in [6.07, 6.45) is 27.3. The summed E-state index contributed by atoms with van der Waals surface area (Å²) in [5.74, 6) is 0.0466. The Morgan fingerprint density at radius 1 is 0.704 bits per heavy atom. The van der Waals surface area contributed by atoms with Crippen molar-refractivity contribution in [2.75, 3.05) is 0 Å². The third-order valence-electron chi connectivity index (χ3n) is 5.33. The highest BCUT2D eigenvalue weighted by atomic mass is 16.3. The highest BCUT2D eigenvalue weighted by Crippen LogP contribution is 2.23. The number of allylic oxidation sites excluding steroid dienone is 1. The van der Waals surface area contributed by atoms with E-state index in [4.69, 9.17) is 0 Å². The van der Waals surface area contributed by atoms with Crippen LogP contribution in [0.4, 0.5) is 0 Å². The van der Waals surface area contributed by atoms with Gasteiger partial charge in [0.05, 0.1) is 0 Å². The minimum absolute atomic E-state index is 0.00885. The molecule has 0 aromatic carbocycles. The number of H-pyrrole nitrogens is 1. The molecule has 0 aliphatic heterocycles. The Balaban J connectivity index is 1.77. The van der Waals surface area contributed by atoms with Crippen molar-refractivity contribution in [3.8, 4) is 11.8 Å². The molecule has 27 heavy (non-hydrogen) atoms. The minimum atomic E-state index is 0.00885. The van der Waals surface area contributed by atoms with E-state index in [9.17, 15) is 10.2 Å². The van der Waals surface area contributed by atoms with Crippen LogP contribution >= 0.6 is 0 Å². The van der Waals surface area contributed by atoms with Gasteiger partial charge in [-0.05, 0) is 12.8 Å². The quantitative estimate of drug-likeness (QED) is 0.226. The number of aromatic hydroxyl groups is 2. The van der Waals surface area contributed by atoms with E-state index in [2.05, 4.69) is 18.0 Å². The van der Waals surface area contributed by atoms with Crippen molar-refractivity contribution in [3.05, 3.63) is 17.7 Å². The van der Waals surface area contributed by atoms with E-state index < -0.39 is 0 Å². The number of unbranched alkanes of at least 4 members (excludes halogenated alkanes) is 16. The third kappa shape index (κ3) is 13.4. The summed E-state index contributed by atoms with van der Waals surface area (Å²) in [4.78, 5) is 2.48. The van der Waals surface area contributed by atoms with Gasteiger partial charge in [-0.2, -0.15) is 0 Å². The normalized spacial score (nSPS) is 11.6. The van der Waals surface area contributed by atoms with Gasteiger partial charge in [-0.15, -0.1) is 0 Å². The summed E-state index contributed by atoms with van der Waals surface area (Å²) in [5, 5.41) is 18.7. The molecule has 0 unspecified atom stereocenters. The number of nitrogens with one attached hydrogen (secondary N) is 1. The topological polar surface area (TPSA) is 56.2 Å². The summed E-state index contributed by atoms with van der Waals surface area (Å²) in [7, 11) is 0. The van der Waals surface area contributed by atoms with E-state index in [0.717, 1.165) is 6.42 Å². The molecule has 0 aliphatic carbocycles. The van der Waals surface area contributed by atoms with Crippen molar-refractivity contribution in [1.29, 1.82) is 0 Å². The van der Waals surface area contributed by atoms with Crippen LogP contribution < -0.4 is 0 Å². The fourth-order valence-corrected chi connectivity index (χ4v) is 3.59. The molecule has 3 heteroatoms. The maximum absolute atomic E-state index is 9.51. The molecule has 0 saturated heterocycles. The van der Waals surface area contributed by atoms with Gasteiger partial charge in [0.15, 0.2) is 11.8 Å². The first-order valence-corrected chi connectivity index (χ1v) is 11.5. The van der Waals surface area contributed by atoms with Crippen molar-refractivity contribution >= 4 is 6.08 Å². The second kappa shape index (κ2) is 16.8. The van der Waals surface area contributed by atoms with E-state index in [1.807, 2.05) is 6.08 Å². The molecular weight excluding hydrogens is 334 g/mol. The van der Waals surface area contributed by atoms with Crippen molar-refractivity contribution in [2.24, 2.45) is 0 Å². The zero-order valence-electron chi connectivity index (χ0n) is 17.6. The van der Waals surface area contributed by atoms with Gasteiger partial charge in [0.25, 0.3) is 0 Å². The van der Waals surface area contributed by atoms with E-state index in [1.165, 1.54) is 103 Å². The summed E-state index contributed by atoms with van der Waals surface area (Å²) in [6, 6.07) is 1.54. The largest absolute Gasteiger partial charge is 0.494 e. The summed E-state index contributed by atoms with van der Waals surface area (Å²) < 4.78 is 0. The molecule has 0 atom stereocenters. The van der Waals surface area contributed by atoms with Crippen LogP contribution in [0, 0.1) is 0 Å². The first-order chi connectivity index (χ1) is 13.2. The highest BCUT2D eigenvalue weighted by molar-refractivity contribution is 5.56. The van der Waals surface area contributed by atoms with Crippen molar-refractivity contribution in [1.82, 2.24) is 4.98 Å². The van der Waals surface area contributed by atoms with E-state index in [0.29, 0.717) is 5.56 Å². The Morgan fingerprint density at radius 2 is 1.15 bits per heavy atom. The number of hydrogen-bond acceptors (Lipinski definition) is 2. The van der Waals surface area contributed by atoms with Gasteiger partial charge in [-0.25, -0.2) is 0 Å². The van der Waals surface area contributed by atoms with Gasteiger partial charge >= 0.3 is 0 Å². The van der Waals surface area contributed by atoms with Crippen molar-refractivity contribution in [3.63, 3.8) is 0 Å². The van der Waals surface area contributed by atoms with Gasteiger partial charge in [0, 0.05) is 11.6 Å². The van der Waals surface area contributed by atoms with Crippen LogP contribution in [0.1, 0.15) is 122 Å². The van der Waals surface area contributed by atoms with Crippen LogP contribution in [-0.4, -0.2) is 15.2 Å². The SMILES string of the molecule is CCCCCCCCCCCCCCCCCCC=Cc1cc(O)[nH]c1O. The zero-order valence-corrected chi connectivity index (χ0v) is 17.6. The molecule has 0 amide bonds. The first-order valence-electron chi connectivity index (χ1n) is 11.5. The summed E-state index contributed by atoms with van der Waals surface area (Å²) >= 11 is 0. The van der Waals surface area contributed by atoms with Gasteiger partial charge in [0.1, 0.15) is 0 Å². The van der Waals surface area contributed by atoms with Gasteiger partial charge in [-0.3, -0.25) is 4.98 Å². The Hall–Kier alpha value is -1.38. The lowest BCUT2D eigenvalue weighted by Gasteiger charge is -2.03. The predicted molar refractivity (Wildman–Crippen MR) is 117 cm³/mol. The van der Waals surface area contributed by atoms with Crippen LogP contribution in [0.2, 0.25) is 0 Å². The Labute approximate surface area is 167 Å². The summed E-state index contributed by atoms with van der Waals surface area (Å²) in [6.45, 7) is 2.28. The molecule has 3 nitrogen and oxygen atoms in total. The molecule has 156 valence electrons. The molecule has 0 radical (unpaired) electrons. The van der Waals surface area contributed by atoms with Crippen LogP contribution in [0.5, 0.6) is 11.8 Å². The van der Waals surface area contributed by atoms with Gasteiger partial charge in [0.2, 0.25) is 0 Å². The lowest BCUT2D eigenvalue weighted by atomic mass is 10.0. The molecule has 0 saturated carbocycles. The number of aromatic nitrogens is 1. The molecule has 0 aliphatic rings. The highest BCUT2D eigenvalue weighted by Gasteiger charge is 2.01. The van der Waals surface area contributed by atoms with Gasteiger partial charge < -0.3 is 10.2 Å². The minimum Gasteiger partial charge on any atom is -0.494 e. The zero-order chi connectivity index (χ0) is 19.6. The van der Waals surface area contributed by atoms with Crippen molar-refractivity contribution < 1.29 is 10.2 Å². The molecule has 1 heterocycles. The van der Waals surface area contributed by atoms with E-state index in [1.54, 1.807) is 6.07 Å². The number of aromatic amines is 1. The average molecular weight is 378 g/mol. The maximum Gasteiger partial charge on any atom is 0.198 e. The lowest BCUT2D eigenvalue weighted by molar-refractivity contribution is 0.425. The Kier molecular flexibility index (Phi) is 14.7. The van der Waals surface area contributed by atoms with Crippen LogP contribution in [-0.2, 0) is 0 Å². The monoisotopic (exact) mass is 377 g/mol. The maximum atomic E-state index is 9.51. The summed E-state index contributed by atoms with van der Waals surface area (Å²) in [5.41, 5.74) is 0.656. The Bertz CT molecular complexity index is 479. The molecule has 3 N–H and O–H groups in total. The lowest BCUT2D eigenvalue weighted by Crippen LogP contribution is -1.83. The molecule has 0 bridgehead atoms. The first kappa shape index (κ1) is 23.7. The molecule has 0 fully saturated rings. The van der Waals surface area contributed by atoms with Crippen LogP contribution in [0.3, 0.4) is 0 Å². The average Bonchev–Trinajstić information content (AvgIpc) is 2.98. The van der Waals surface area contributed by atoms with E-state index >= 15 is 0 Å². The van der Waals surface area contributed by atoms with Gasteiger partial charge in [-0.1, -0.05) is 115 Å². The predicted octanol–water partition coefficient (Wildman–Crippen LogP) is 8.09. The molecule has 1 rings (SSSR count). The van der Waals surface area contributed by atoms with Crippen LogP contribution in [0.25, 0.3) is 6.08 Å². The second-order valence-corrected chi connectivity index (χ2v) is 7.95. The number of rotatable bonds is 18. The Morgan fingerprint density at radius 3 is 1.56 bits per heavy atom. The van der Waals surface area contributed by atoms with Crippen molar-refractivity contribution in [2.45, 2.75) is 116 Å². The smallest absolute Gasteiger partial charge is 0.198 e.